The summed E-state index contributed by atoms with van der Waals surface area (Å²) in [6.07, 6.45) is 4.48. The van der Waals surface area contributed by atoms with Gasteiger partial charge in [0.2, 0.25) is 5.88 Å². The minimum Gasteiger partial charge on any atom is -0.439 e. The Hall–Kier alpha value is -2.07. The maximum atomic E-state index is 5.80. The van der Waals surface area contributed by atoms with Crippen LogP contribution in [0.1, 0.15) is 18.4 Å². The lowest BCUT2D eigenvalue weighted by Gasteiger charge is -2.13. The van der Waals surface area contributed by atoms with Crippen LogP contribution in [0.5, 0.6) is 11.6 Å². The SMILES string of the molecule is CN(C)c1cccc(Oc2ccc(CNC3CC3)cn2)c1. The highest BCUT2D eigenvalue weighted by Crippen LogP contribution is 2.24. The van der Waals surface area contributed by atoms with Crippen molar-refractivity contribution in [1.29, 1.82) is 0 Å². The molecule has 0 unspecified atom stereocenters. The summed E-state index contributed by atoms with van der Waals surface area (Å²) in [7, 11) is 4.03. The van der Waals surface area contributed by atoms with Crippen LogP contribution < -0.4 is 15.0 Å². The summed E-state index contributed by atoms with van der Waals surface area (Å²) >= 11 is 0. The Labute approximate surface area is 125 Å². The van der Waals surface area contributed by atoms with E-state index in [4.69, 9.17) is 4.74 Å². The van der Waals surface area contributed by atoms with Crippen molar-refractivity contribution in [1.82, 2.24) is 10.3 Å². The average molecular weight is 283 g/mol. The van der Waals surface area contributed by atoms with Crippen molar-refractivity contribution in [2.75, 3.05) is 19.0 Å². The van der Waals surface area contributed by atoms with E-state index in [0.29, 0.717) is 5.88 Å². The molecule has 3 rings (SSSR count). The summed E-state index contributed by atoms with van der Waals surface area (Å²) in [5.74, 6) is 1.43. The van der Waals surface area contributed by atoms with Gasteiger partial charge in [0.05, 0.1) is 0 Å². The Morgan fingerprint density at radius 3 is 2.76 bits per heavy atom. The molecular weight excluding hydrogens is 262 g/mol. The highest BCUT2D eigenvalue weighted by atomic mass is 16.5. The number of hydrogen-bond donors (Lipinski definition) is 1. The Kier molecular flexibility index (Phi) is 4.06. The van der Waals surface area contributed by atoms with Crippen LogP contribution in [0.25, 0.3) is 0 Å². The van der Waals surface area contributed by atoms with Crippen molar-refractivity contribution in [3.63, 3.8) is 0 Å². The Bertz CT molecular complexity index is 591. The quantitative estimate of drug-likeness (QED) is 0.883. The zero-order chi connectivity index (χ0) is 14.7. The first kappa shape index (κ1) is 13.9. The van der Waals surface area contributed by atoms with Crippen LogP contribution in [0.4, 0.5) is 5.69 Å². The molecule has 110 valence electrons. The molecule has 0 spiro atoms. The normalized spacial score (nSPS) is 14.0. The van der Waals surface area contributed by atoms with E-state index in [-0.39, 0.29) is 0 Å². The molecule has 1 heterocycles. The lowest BCUT2D eigenvalue weighted by atomic mass is 10.3. The highest BCUT2D eigenvalue weighted by molar-refractivity contribution is 5.50. The van der Waals surface area contributed by atoms with Crippen LogP contribution in [0.2, 0.25) is 0 Å². The molecular formula is C17H21N3O. The van der Waals surface area contributed by atoms with Crippen LogP contribution in [-0.4, -0.2) is 25.1 Å². The molecule has 1 aromatic heterocycles. The Balaban J connectivity index is 1.62. The van der Waals surface area contributed by atoms with Crippen molar-refractivity contribution in [2.24, 2.45) is 0 Å². The molecule has 0 radical (unpaired) electrons. The van der Waals surface area contributed by atoms with Gasteiger partial charge in [-0.3, -0.25) is 0 Å². The number of rotatable bonds is 6. The second-order valence-corrected chi connectivity index (χ2v) is 5.65. The maximum absolute atomic E-state index is 5.80. The van der Waals surface area contributed by atoms with Crippen LogP contribution >= 0.6 is 0 Å². The van der Waals surface area contributed by atoms with E-state index in [0.717, 1.165) is 24.0 Å². The minimum atomic E-state index is 0.626. The second-order valence-electron chi connectivity index (χ2n) is 5.65. The number of benzene rings is 1. The fourth-order valence-corrected chi connectivity index (χ4v) is 2.07. The zero-order valence-electron chi connectivity index (χ0n) is 12.5. The standard InChI is InChI=1S/C17H21N3O/c1-20(2)15-4-3-5-16(10-15)21-17-9-6-13(12-19-17)11-18-14-7-8-14/h3-6,9-10,12,14,18H,7-8,11H2,1-2H3. The third-order valence-corrected chi connectivity index (χ3v) is 3.53. The molecule has 1 N–H and O–H groups in total. The molecule has 1 aliphatic carbocycles. The summed E-state index contributed by atoms with van der Waals surface area (Å²) < 4.78 is 5.80. The fourth-order valence-electron chi connectivity index (χ4n) is 2.07. The van der Waals surface area contributed by atoms with Crippen LogP contribution in [-0.2, 0) is 6.54 Å². The molecule has 0 aliphatic heterocycles. The molecule has 4 heteroatoms. The number of hydrogen-bond acceptors (Lipinski definition) is 4. The van der Waals surface area contributed by atoms with Crippen molar-refractivity contribution in [3.05, 3.63) is 48.2 Å². The van der Waals surface area contributed by atoms with E-state index < -0.39 is 0 Å². The first-order valence-corrected chi connectivity index (χ1v) is 7.34. The number of ether oxygens (including phenoxy) is 1. The van der Waals surface area contributed by atoms with E-state index in [9.17, 15) is 0 Å². The first-order valence-electron chi connectivity index (χ1n) is 7.34. The van der Waals surface area contributed by atoms with Gasteiger partial charge >= 0.3 is 0 Å². The molecule has 0 saturated heterocycles. The molecule has 4 nitrogen and oxygen atoms in total. The van der Waals surface area contributed by atoms with Gasteiger partial charge in [-0.1, -0.05) is 12.1 Å². The lowest BCUT2D eigenvalue weighted by molar-refractivity contribution is 0.462. The van der Waals surface area contributed by atoms with Gasteiger partial charge in [0.1, 0.15) is 5.75 Å². The molecule has 1 fully saturated rings. The summed E-state index contributed by atoms with van der Waals surface area (Å²) in [5.41, 5.74) is 2.30. The molecule has 21 heavy (non-hydrogen) atoms. The third kappa shape index (κ3) is 3.95. The monoisotopic (exact) mass is 283 g/mol. The molecule has 2 aromatic rings. The second kappa shape index (κ2) is 6.14. The zero-order valence-corrected chi connectivity index (χ0v) is 12.5. The largest absolute Gasteiger partial charge is 0.439 e. The van der Waals surface area contributed by atoms with Gasteiger partial charge in [-0.25, -0.2) is 4.98 Å². The summed E-state index contributed by atoms with van der Waals surface area (Å²) in [6.45, 7) is 0.883. The van der Waals surface area contributed by atoms with E-state index in [1.165, 1.54) is 18.4 Å². The fraction of sp³-hybridized carbons (Fsp3) is 0.353. The number of aromatic nitrogens is 1. The topological polar surface area (TPSA) is 37.4 Å². The van der Waals surface area contributed by atoms with Crippen molar-refractivity contribution < 1.29 is 4.74 Å². The Morgan fingerprint density at radius 1 is 1.24 bits per heavy atom. The predicted octanol–water partition coefficient (Wildman–Crippen LogP) is 3.19. The van der Waals surface area contributed by atoms with E-state index in [1.54, 1.807) is 0 Å². The van der Waals surface area contributed by atoms with Gasteiger partial charge in [0.25, 0.3) is 0 Å². The van der Waals surface area contributed by atoms with Gasteiger partial charge in [-0.2, -0.15) is 0 Å². The molecule has 0 atom stereocenters. The van der Waals surface area contributed by atoms with Crippen molar-refractivity contribution in [3.8, 4) is 11.6 Å². The van der Waals surface area contributed by atoms with Gasteiger partial charge < -0.3 is 15.0 Å². The third-order valence-electron chi connectivity index (χ3n) is 3.53. The summed E-state index contributed by atoms with van der Waals surface area (Å²) in [5, 5.41) is 3.48. The van der Waals surface area contributed by atoms with Gasteiger partial charge in [0, 0.05) is 50.7 Å². The van der Waals surface area contributed by atoms with Crippen molar-refractivity contribution >= 4 is 5.69 Å². The maximum Gasteiger partial charge on any atom is 0.219 e. The smallest absolute Gasteiger partial charge is 0.219 e. The van der Waals surface area contributed by atoms with E-state index in [1.807, 2.05) is 55.5 Å². The lowest BCUT2D eigenvalue weighted by Crippen LogP contribution is -2.15. The molecule has 0 amide bonds. The highest BCUT2D eigenvalue weighted by Gasteiger charge is 2.19. The molecule has 1 saturated carbocycles. The number of pyridine rings is 1. The molecule has 1 aromatic carbocycles. The average Bonchev–Trinajstić information content (AvgIpc) is 3.31. The molecule has 1 aliphatic rings. The van der Waals surface area contributed by atoms with Gasteiger partial charge in [-0.05, 0) is 30.5 Å². The first-order chi connectivity index (χ1) is 10.2. The van der Waals surface area contributed by atoms with Crippen LogP contribution in [0.15, 0.2) is 42.6 Å². The summed E-state index contributed by atoms with van der Waals surface area (Å²) in [4.78, 5) is 6.42. The molecule has 0 bridgehead atoms. The number of anilines is 1. The van der Waals surface area contributed by atoms with Gasteiger partial charge in [0.15, 0.2) is 0 Å². The van der Waals surface area contributed by atoms with Crippen LogP contribution in [0.3, 0.4) is 0 Å². The summed E-state index contributed by atoms with van der Waals surface area (Å²) in [6, 6.07) is 12.7. The number of nitrogens with one attached hydrogen (secondary N) is 1. The number of nitrogens with zero attached hydrogens (tertiary/aromatic N) is 2. The van der Waals surface area contributed by atoms with Gasteiger partial charge in [-0.15, -0.1) is 0 Å². The van der Waals surface area contributed by atoms with E-state index >= 15 is 0 Å². The van der Waals surface area contributed by atoms with E-state index in [2.05, 4.69) is 16.4 Å². The van der Waals surface area contributed by atoms with Crippen LogP contribution in [0, 0.1) is 0 Å². The van der Waals surface area contributed by atoms with Crippen molar-refractivity contribution in [2.45, 2.75) is 25.4 Å². The predicted molar refractivity (Wildman–Crippen MR) is 84.9 cm³/mol. The minimum absolute atomic E-state index is 0.626. The Morgan fingerprint density at radius 2 is 2.10 bits per heavy atom.